The molecule has 0 aliphatic carbocycles. The highest BCUT2D eigenvalue weighted by Crippen LogP contribution is 2.18. The standard InChI is InChI=1S/C10H21N3O3S/c1-10(2,8-11)9(14)12-4-6-13(7-5-12)17(3,15)16/h4-8,11H2,1-3H3. The molecule has 0 atom stereocenters. The predicted octanol–water partition coefficient (Wildman–Crippen LogP) is -0.925. The summed E-state index contributed by atoms with van der Waals surface area (Å²) in [5.41, 5.74) is 4.98. The maximum Gasteiger partial charge on any atom is 0.229 e. The predicted molar refractivity (Wildman–Crippen MR) is 65.8 cm³/mol. The highest BCUT2D eigenvalue weighted by atomic mass is 32.2. The van der Waals surface area contributed by atoms with E-state index in [0.717, 1.165) is 0 Å². The van der Waals surface area contributed by atoms with Crippen molar-refractivity contribution in [3.8, 4) is 0 Å². The van der Waals surface area contributed by atoms with Gasteiger partial charge >= 0.3 is 0 Å². The number of sulfonamides is 1. The first-order valence-electron chi connectivity index (χ1n) is 5.63. The van der Waals surface area contributed by atoms with Gasteiger partial charge in [-0.15, -0.1) is 0 Å². The van der Waals surface area contributed by atoms with E-state index in [0.29, 0.717) is 26.2 Å². The topological polar surface area (TPSA) is 83.7 Å². The number of hydrogen-bond acceptors (Lipinski definition) is 4. The quantitative estimate of drug-likeness (QED) is 0.713. The van der Waals surface area contributed by atoms with Crippen molar-refractivity contribution in [1.29, 1.82) is 0 Å². The molecule has 1 fully saturated rings. The number of rotatable bonds is 3. The second-order valence-corrected chi connectivity index (χ2v) is 7.02. The molecule has 0 unspecified atom stereocenters. The van der Waals surface area contributed by atoms with Gasteiger partial charge in [0.15, 0.2) is 0 Å². The van der Waals surface area contributed by atoms with E-state index in [-0.39, 0.29) is 12.5 Å². The van der Waals surface area contributed by atoms with Gasteiger partial charge in [0, 0.05) is 32.7 Å². The molecular formula is C10H21N3O3S. The first-order chi connectivity index (χ1) is 7.68. The van der Waals surface area contributed by atoms with E-state index >= 15 is 0 Å². The van der Waals surface area contributed by atoms with Crippen LogP contribution in [0.5, 0.6) is 0 Å². The maximum absolute atomic E-state index is 12.1. The number of nitrogens with zero attached hydrogens (tertiary/aromatic N) is 2. The molecule has 0 aromatic heterocycles. The Labute approximate surface area is 103 Å². The third kappa shape index (κ3) is 3.40. The number of carbonyl (C=O) groups excluding carboxylic acids is 1. The van der Waals surface area contributed by atoms with Crippen LogP contribution in [0.2, 0.25) is 0 Å². The molecular weight excluding hydrogens is 242 g/mol. The lowest BCUT2D eigenvalue weighted by atomic mass is 9.91. The summed E-state index contributed by atoms with van der Waals surface area (Å²) in [6, 6.07) is 0. The lowest BCUT2D eigenvalue weighted by molar-refractivity contribution is -0.141. The molecule has 0 bridgehead atoms. The highest BCUT2D eigenvalue weighted by Gasteiger charge is 2.33. The normalized spacial score (nSPS) is 19.4. The molecule has 100 valence electrons. The van der Waals surface area contributed by atoms with Crippen molar-refractivity contribution in [3.05, 3.63) is 0 Å². The van der Waals surface area contributed by atoms with Gasteiger partial charge in [-0.3, -0.25) is 4.79 Å². The molecule has 2 N–H and O–H groups in total. The van der Waals surface area contributed by atoms with Gasteiger partial charge in [0.05, 0.1) is 11.7 Å². The van der Waals surface area contributed by atoms with Gasteiger partial charge in [-0.1, -0.05) is 0 Å². The summed E-state index contributed by atoms with van der Waals surface area (Å²) in [4.78, 5) is 13.8. The molecule has 1 saturated heterocycles. The van der Waals surface area contributed by atoms with Crippen LogP contribution in [0.25, 0.3) is 0 Å². The fourth-order valence-electron chi connectivity index (χ4n) is 1.74. The zero-order valence-corrected chi connectivity index (χ0v) is 11.5. The van der Waals surface area contributed by atoms with E-state index in [1.807, 2.05) is 0 Å². The Balaban J connectivity index is 2.62. The van der Waals surface area contributed by atoms with Crippen LogP contribution >= 0.6 is 0 Å². The lowest BCUT2D eigenvalue weighted by Crippen LogP contribution is -2.54. The average molecular weight is 263 g/mol. The molecule has 0 radical (unpaired) electrons. The van der Waals surface area contributed by atoms with Gasteiger partial charge in [-0.25, -0.2) is 8.42 Å². The van der Waals surface area contributed by atoms with Crippen molar-refractivity contribution in [2.75, 3.05) is 39.0 Å². The molecule has 0 saturated carbocycles. The van der Waals surface area contributed by atoms with Gasteiger partial charge < -0.3 is 10.6 Å². The minimum absolute atomic E-state index is 0.00634. The van der Waals surface area contributed by atoms with Crippen LogP contribution in [-0.4, -0.2) is 62.5 Å². The van der Waals surface area contributed by atoms with Crippen LogP contribution < -0.4 is 5.73 Å². The summed E-state index contributed by atoms with van der Waals surface area (Å²) in [6.07, 6.45) is 1.19. The molecule has 6 nitrogen and oxygen atoms in total. The van der Waals surface area contributed by atoms with E-state index in [9.17, 15) is 13.2 Å². The van der Waals surface area contributed by atoms with E-state index in [1.54, 1.807) is 18.7 Å². The smallest absolute Gasteiger partial charge is 0.229 e. The van der Waals surface area contributed by atoms with Crippen LogP contribution in [0.4, 0.5) is 0 Å². The molecule has 1 aliphatic rings. The Morgan fingerprint density at radius 1 is 1.24 bits per heavy atom. The zero-order chi connectivity index (χ0) is 13.3. The Hall–Kier alpha value is -0.660. The van der Waals surface area contributed by atoms with Crippen LogP contribution in [-0.2, 0) is 14.8 Å². The summed E-state index contributed by atoms with van der Waals surface area (Å²) in [6.45, 7) is 5.51. The summed E-state index contributed by atoms with van der Waals surface area (Å²) < 4.78 is 24.0. The molecule has 0 spiro atoms. The first kappa shape index (κ1) is 14.4. The van der Waals surface area contributed by atoms with Gasteiger partial charge in [-0.2, -0.15) is 4.31 Å². The van der Waals surface area contributed by atoms with E-state index in [4.69, 9.17) is 5.73 Å². The molecule has 1 rings (SSSR count). The average Bonchev–Trinajstić information content (AvgIpc) is 2.27. The van der Waals surface area contributed by atoms with Gasteiger partial charge in [0.2, 0.25) is 15.9 Å². The molecule has 1 aliphatic heterocycles. The Morgan fingerprint density at radius 3 is 2.06 bits per heavy atom. The summed E-state index contributed by atoms with van der Waals surface area (Å²) in [5.74, 6) is -0.00634. The fourth-order valence-corrected chi connectivity index (χ4v) is 2.56. The fraction of sp³-hybridized carbons (Fsp3) is 0.900. The third-order valence-corrected chi connectivity index (χ3v) is 4.39. The molecule has 1 amide bonds. The Morgan fingerprint density at radius 2 is 1.71 bits per heavy atom. The number of carbonyl (C=O) groups is 1. The van der Waals surface area contributed by atoms with Crippen LogP contribution in [0, 0.1) is 5.41 Å². The molecule has 1 heterocycles. The minimum Gasteiger partial charge on any atom is -0.340 e. The van der Waals surface area contributed by atoms with E-state index in [1.165, 1.54) is 10.6 Å². The van der Waals surface area contributed by atoms with E-state index < -0.39 is 15.4 Å². The maximum atomic E-state index is 12.1. The van der Waals surface area contributed by atoms with Crippen molar-refractivity contribution in [3.63, 3.8) is 0 Å². The van der Waals surface area contributed by atoms with E-state index in [2.05, 4.69) is 0 Å². The number of piperazine rings is 1. The number of nitrogens with two attached hydrogens (primary N) is 1. The van der Waals surface area contributed by atoms with Crippen molar-refractivity contribution in [2.45, 2.75) is 13.8 Å². The molecule has 17 heavy (non-hydrogen) atoms. The van der Waals surface area contributed by atoms with Gasteiger partial charge in [0.25, 0.3) is 0 Å². The van der Waals surface area contributed by atoms with Crippen LogP contribution in [0.3, 0.4) is 0 Å². The second kappa shape index (κ2) is 4.91. The SMILES string of the molecule is CC(C)(CN)C(=O)N1CCN(S(C)(=O)=O)CC1. The van der Waals surface area contributed by atoms with Crippen molar-refractivity contribution < 1.29 is 13.2 Å². The van der Waals surface area contributed by atoms with Crippen LogP contribution in [0.1, 0.15) is 13.8 Å². The largest absolute Gasteiger partial charge is 0.340 e. The Kier molecular flexibility index (Phi) is 4.16. The number of hydrogen-bond donors (Lipinski definition) is 1. The molecule has 0 aromatic rings. The lowest BCUT2D eigenvalue weighted by Gasteiger charge is -2.37. The summed E-state index contributed by atoms with van der Waals surface area (Å²) in [7, 11) is -3.15. The Bertz CT molecular complexity index is 384. The first-order valence-corrected chi connectivity index (χ1v) is 7.48. The second-order valence-electron chi connectivity index (χ2n) is 5.04. The van der Waals surface area contributed by atoms with Crippen LogP contribution in [0.15, 0.2) is 0 Å². The van der Waals surface area contributed by atoms with Crippen molar-refractivity contribution in [2.24, 2.45) is 11.1 Å². The monoisotopic (exact) mass is 263 g/mol. The summed E-state index contributed by atoms with van der Waals surface area (Å²) >= 11 is 0. The molecule has 7 heteroatoms. The van der Waals surface area contributed by atoms with Crippen molar-refractivity contribution >= 4 is 15.9 Å². The summed E-state index contributed by atoms with van der Waals surface area (Å²) in [5, 5.41) is 0. The zero-order valence-electron chi connectivity index (χ0n) is 10.6. The highest BCUT2D eigenvalue weighted by molar-refractivity contribution is 7.88. The number of amides is 1. The van der Waals surface area contributed by atoms with Crippen molar-refractivity contribution in [1.82, 2.24) is 9.21 Å². The van der Waals surface area contributed by atoms with Gasteiger partial charge in [0.1, 0.15) is 0 Å². The van der Waals surface area contributed by atoms with Gasteiger partial charge in [-0.05, 0) is 13.8 Å². The minimum atomic E-state index is -3.15. The molecule has 0 aromatic carbocycles. The third-order valence-electron chi connectivity index (χ3n) is 3.08.